The predicted molar refractivity (Wildman–Crippen MR) is 143 cm³/mol. The van der Waals surface area contributed by atoms with Crippen molar-refractivity contribution in [2.75, 3.05) is 0 Å². The molecule has 10 heteroatoms. The number of nitrogens with zero attached hydrogens (tertiary/aromatic N) is 2. The first-order valence-corrected chi connectivity index (χ1v) is 15.1. The van der Waals surface area contributed by atoms with Gasteiger partial charge in [-0.2, -0.15) is 8.42 Å². The van der Waals surface area contributed by atoms with Gasteiger partial charge in [-0.3, -0.25) is 0 Å². The minimum atomic E-state index is -3.88. The second-order valence-electron chi connectivity index (χ2n) is 8.47. The van der Waals surface area contributed by atoms with E-state index in [1.165, 1.54) is 23.8 Å². The van der Waals surface area contributed by atoms with Crippen LogP contribution in [0.15, 0.2) is 80.7 Å². The summed E-state index contributed by atoms with van der Waals surface area (Å²) in [6.07, 6.45) is 5.29. The zero-order valence-electron chi connectivity index (χ0n) is 19.2. The van der Waals surface area contributed by atoms with Crippen molar-refractivity contribution in [1.82, 2.24) is 4.57 Å². The van der Waals surface area contributed by atoms with Gasteiger partial charge < -0.3 is 9.30 Å². The van der Waals surface area contributed by atoms with Crippen molar-refractivity contribution in [2.45, 2.75) is 42.4 Å². The fraction of sp³-hybridized carbons (Fsp3) is 0.231. The highest BCUT2D eigenvalue weighted by Crippen LogP contribution is 2.33. The van der Waals surface area contributed by atoms with E-state index in [0.29, 0.717) is 20.5 Å². The minimum Gasteiger partial charge on any atom is -0.423 e. The molecule has 0 saturated heterocycles. The molecule has 0 radical (unpaired) electrons. The Balaban J connectivity index is 1.49. The van der Waals surface area contributed by atoms with Gasteiger partial charge in [0.25, 0.3) is 10.0 Å². The van der Waals surface area contributed by atoms with Crippen LogP contribution in [0.3, 0.4) is 0 Å². The van der Waals surface area contributed by atoms with Crippen molar-refractivity contribution < 1.29 is 17.9 Å². The quantitative estimate of drug-likeness (QED) is 0.189. The first-order chi connectivity index (χ1) is 17.4. The molecular formula is C26H23ClN2O4S3. The van der Waals surface area contributed by atoms with Crippen LogP contribution >= 0.6 is 34.3 Å². The van der Waals surface area contributed by atoms with Crippen LogP contribution in [0.1, 0.15) is 48.5 Å². The molecule has 4 aromatic rings. The Bertz CT molecular complexity index is 1530. The third kappa shape index (κ3) is 5.49. The Morgan fingerprint density at radius 2 is 1.69 bits per heavy atom. The molecule has 0 spiro atoms. The lowest BCUT2D eigenvalue weighted by Gasteiger charge is -2.25. The Labute approximate surface area is 222 Å². The number of sulfonamides is 1. The van der Waals surface area contributed by atoms with E-state index in [-0.39, 0.29) is 10.3 Å². The third-order valence-corrected chi connectivity index (χ3v) is 9.97. The van der Waals surface area contributed by atoms with Crippen LogP contribution in [0.2, 0.25) is 4.34 Å². The van der Waals surface area contributed by atoms with Gasteiger partial charge in [-0.05, 0) is 66.9 Å². The van der Waals surface area contributed by atoms with Crippen LogP contribution in [0.4, 0.5) is 0 Å². The number of thiazole rings is 1. The molecule has 5 rings (SSSR count). The standard InChI is InChI=1S/C26H23ClN2O4S3/c27-23-15-16-24(35-23)36(31,32)28-26-29(20-9-5-2-6-10-20)22(17-34-26)18-11-13-21(14-12-18)33-25(30)19-7-3-1-4-8-19/h1,3-4,7-8,11-17,20H,2,5-6,9-10H2. The van der Waals surface area contributed by atoms with Crippen molar-refractivity contribution in [1.29, 1.82) is 0 Å². The molecule has 1 aliphatic rings. The van der Waals surface area contributed by atoms with E-state index in [0.717, 1.165) is 48.3 Å². The molecule has 186 valence electrons. The first-order valence-electron chi connectivity index (χ1n) is 11.5. The largest absolute Gasteiger partial charge is 0.423 e. The summed E-state index contributed by atoms with van der Waals surface area (Å²) in [5.74, 6) is 0.0187. The van der Waals surface area contributed by atoms with E-state index >= 15 is 0 Å². The number of esters is 1. The van der Waals surface area contributed by atoms with Gasteiger partial charge in [0.2, 0.25) is 4.80 Å². The average molecular weight is 559 g/mol. The van der Waals surface area contributed by atoms with Crippen molar-refractivity contribution in [3.63, 3.8) is 0 Å². The number of carbonyl (C=O) groups excluding carboxylic acids is 1. The number of ether oxygens (including phenoxy) is 1. The number of rotatable bonds is 6. The average Bonchev–Trinajstić information content (AvgIpc) is 3.52. The van der Waals surface area contributed by atoms with Gasteiger partial charge in [0, 0.05) is 11.4 Å². The zero-order valence-corrected chi connectivity index (χ0v) is 22.4. The molecule has 2 aromatic carbocycles. The van der Waals surface area contributed by atoms with Crippen LogP contribution in [0.5, 0.6) is 5.75 Å². The Hall–Kier alpha value is -2.72. The number of thiophene rings is 1. The number of benzene rings is 2. The molecule has 2 aromatic heterocycles. The van der Waals surface area contributed by atoms with Crippen LogP contribution in [0, 0.1) is 0 Å². The fourth-order valence-electron chi connectivity index (χ4n) is 4.31. The molecule has 0 bridgehead atoms. The van der Waals surface area contributed by atoms with Gasteiger partial charge in [-0.25, -0.2) is 4.79 Å². The molecule has 0 N–H and O–H groups in total. The van der Waals surface area contributed by atoms with Crippen LogP contribution in [-0.2, 0) is 10.0 Å². The second-order valence-corrected chi connectivity index (χ2v) is 12.9. The number of hydrogen-bond acceptors (Lipinski definition) is 6. The maximum Gasteiger partial charge on any atom is 0.343 e. The monoisotopic (exact) mass is 558 g/mol. The van der Waals surface area contributed by atoms with Gasteiger partial charge in [-0.1, -0.05) is 49.1 Å². The lowest BCUT2D eigenvalue weighted by molar-refractivity contribution is 0.0734. The lowest BCUT2D eigenvalue weighted by atomic mass is 9.95. The molecule has 1 fully saturated rings. The van der Waals surface area contributed by atoms with Crippen molar-refractivity contribution >= 4 is 50.3 Å². The summed E-state index contributed by atoms with van der Waals surface area (Å²) in [7, 11) is -3.88. The van der Waals surface area contributed by atoms with Gasteiger partial charge in [0.15, 0.2) is 0 Å². The summed E-state index contributed by atoms with van der Waals surface area (Å²) >= 11 is 8.27. The summed E-state index contributed by atoms with van der Waals surface area (Å²) in [5.41, 5.74) is 2.27. The number of aromatic nitrogens is 1. The van der Waals surface area contributed by atoms with E-state index in [1.54, 1.807) is 42.5 Å². The van der Waals surface area contributed by atoms with Crippen molar-refractivity contribution in [3.8, 4) is 17.0 Å². The van der Waals surface area contributed by atoms with Gasteiger partial charge >= 0.3 is 5.97 Å². The molecule has 1 aliphatic carbocycles. The lowest BCUT2D eigenvalue weighted by Crippen LogP contribution is -2.24. The second kappa shape index (κ2) is 10.7. The third-order valence-electron chi connectivity index (χ3n) is 6.05. The summed E-state index contributed by atoms with van der Waals surface area (Å²) in [4.78, 5) is 12.8. The molecule has 0 amide bonds. The van der Waals surface area contributed by atoms with Crippen LogP contribution in [-0.4, -0.2) is 19.0 Å². The highest BCUT2D eigenvalue weighted by atomic mass is 35.5. The number of halogens is 1. The SMILES string of the molecule is O=C(Oc1ccc(-c2csc(=NS(=O)(=O)c3ccc(Cl)s3)n2C2CCCCC2)cc1)c1ccccc1. The highest BCUT2D eigenvalue weighted by molar-refractivity contribution is 7.92. The number of carbonyl (C=O) groups is 1. The van der Waals surface area contributed by atoms with Crippen molar-refractivity contribution in [3.05, 3.63) is 86.8 Å². The smallest absolute Gasteiger partial charge is 0.343 e. The topological polar surface area (TPSA) is 77.7 Å². The molecule has 0 aliphatic heterocycles. The van der Waals surface area contributed by atoms with Crippen LogP contribution in [0.25, 0.3) is 11.3 Å². The Kier molecular flexibility index (Phi) is 7.43. The molecule has 6 nitrogen and oxygen atoms in total. The van der Waals surface area contributed by atoms with Gasteiger partial charge in [0.1, 0.15) is 9.96 Å². The summed E-state index contributed by atoms with van der Waals surface area (Å²) in [6, 6.07) is 19.3. The summed E-state index contributed by atoms with van der Waals surface area (Å²) in [6.45, 7) is 0. The molecule has 0 atom stereocenters. The molecule has 2 heterocycles. The summed E-state index contributed by atoms with van der Waals surface area (Å²) < 4.78 is 38.3. The number of hydrogen-bond donors (Lipinski definition) is 0. The van der Waals surface area contributed by atoms with Gasteiger partial charge in [0.05, 0.1) is 15.6 Å². The fourth-order valence-corrected chi connectivity index (χ4v) is 7.94. The Morgan fingerprint density at radius 3 is 2.36 bits per heavy atom. The Morgan fingerprint density at radius 1 is 0.972 bits per heavy atom. The van der Waals surface area contributed by atoms with E-state index < -0.39 is 16.0 Å². The van der Waals surface area contributed by atoms with Crippen molar-refractivity contribution in [2.24, 2.45) is 4.40 Å². The van der Waals surface area contributed by atoms with E-state index in [2.05, 4.69) is 8.96 Å². The van der Waals surface area contributed by atoms with E-state index in [4.69, 9.17) is 16.3 Å². The predicted octanol–water partition coefficient (Wildman–Crippen LogP) is 6.95. The first kappa shape index (κ1) is 25.0. The molecular weight excluding hydrogens is 536 g/mol. The molecule has 1 saturated carbocycles. The van der Waals surface area contributed by atoms with Crippen LogP contribution < -0.4 is 9.54 Å². The zero-order chi connectivity index (χ0) is 25.1. The maximum atomic E-state index is 13.0. The molecule has 0 unspecified atom stereocenters. The minimum absolute atomic E-state index is 0.127. The van der Waals surface area contributed by atoms with Gasteiger partial charge in [-0.15, -0.1) is 27.1 Å². The highest BCUT2D eigenvalue weighted by Gasteiger charge is 2.23. The van der Waals surface area contributed by atoms with E-state index in [1.807, 2.05) is 23.6 Å². The summed E-state index contributed by atoms with van der Waals surface area (Å²) in [5, 5.41) is 1.94. The van der Waals surface area contributed by atoms with E-state index in [9.17, 15) is 13.2 Å². The molecule has 36 heavy (non-hydrogen) atoms. The normalized spacial score (nSPS) is 15.2. The maximum absolute atomic E-state index is 13.0.